The molecule has 0 saturated carbocycles. The Labute approximate surface area is 138 Å². The quantitative estimate of drug-likeness (QED) is 0.717. The lowest BCUT2D eigenvalue weighted by Gasteiger charge is -2.05. The van der Waals surface area contributed by atoms with Crippen molar-refractivity contribution in [2.75, 3.05) is 7.11 Å². The van der Waals surface area contributed by atoms with E-state index in [1.807, 2.05) is 0 Å². The molecule has 24 heavy (non-hydrogen) atoms. The first kappa shape index (κ1) is 17.1. The van der Waals surface area contributed by atoms with Crippen molar-refractivity contribution in [2.45, 2.75) is 6.18 Å². The Morgan fingerprint density at radius 1 is 0.708 bits per heavy atom. The lowest BCUT2D eigenvalue weighted by molar-refractivity contribution is -0.137. The van der Waals surface area contributed by atoms with Gasteiger partial charge in [0.15, 0.2) is 0 Å². The minimum Gasteiger partial charge on any atom is -0.497 e. The van der Waals surface area contributed by atoms with Gasteiger partial charge in [-0.1, -0.05) is 11.8 Å². The summed E-state index contributed by atoms with van der Waals surface area (Å²) < 4.78 is 42.3. The van der Waals surface area contributed by atoms with Gasteiger partial charge in [-0.3, -0.25) is 0 Å². The molecule has 0 fully saturated rings. The van der Waals surface area contributed by atoms with Gasteiger partial charge >= 0.3 is 6.18 Å². The lowest BCUT2D eigenvalue weighted by atomic mass is 10.1. The first-order chi connectivity index (χ1) is 11.5. The van der Waals surface area contributed by atoms with Gasteiger partial charge in [0.05, 0.1) is 12.7 Å². The minimum absolute atomic E-state index is 0.459. The third kappa shape index (κ3) is 5.16. The van der Waals surface area contributed by atoms with Gasteiger partial charge in [-0.15, -0.1) is 0 Å². The number of benzene rings is 2. The molecule has 0 amide bonds. The zero-order valence-corrected chi connectivity index (χ0v) is 12.7. The van der Waals surface area contributed by atoms with Gasteiger partial charge in [-0.25, -0.2) is 0 Å². The van der Waals surface area contributed by atoms with E-state index in [4.69, 9.17) is 4.74 Å². The van der Waals surface area contributed by atoms with Gasteiger partial charge in [0, 0.05) is 11.1 Å². The fourth-order valence-corrected chi connectivity index (χ4v) is 1.69. The van der Waals surface area contributed by atoms with Gasteiger partial charge in [0.2, 0.25) is 0 Å². The van der Waals surface area contributed by atoms with Crippen molar-refractivity contribution in [1.29, 1.82) is 0 Å². The number of methoxy groups -OCH3 is 1. The Balaban J connectivity index is 1.99. The van der Waals surface area contributed by atoms with Gasteiger partial charge < -0.3 is 4.74 Å². The second-order valence-corrected chi connectivity index (χ2v) is 4.55. The summed E-state index contributed by atoms with van der Waals surface area (Å²) in [6.45, 7) is 0. The molecule has 1 nitrogen and oxygen atoms in total. The maximum Gasteiger partial charge on any atom is 0.416 e. The predicted molar refractivity (Wildman–Crippen MR) is 86.0 cm³/mol. The number of hydrogen-bond donors (Lipinski definition) is 0. The van der Waals surface area contributed by atoms with Crippen LogP contribution in [-0.4, -0.2) is 7.11 Å². The number of ether oxygens (including phenoxy) is 1. The van der Waals surface area contributed by atoms with Crippen LogP contribution in [0.25, 0.3) is 0 Å². The molecule has 0 aliphatic carbocycles. The van der Waals surface area contributed by atoms with E-state index in [1.54, 1.807) is 31.4 Å². The van der Waals surface area contributed by atoms with Crippen molar-refractivity contribution in [3.63, 3.8) is 0 Å². The zero-order valence-electron chi connectivity index (χ0n) is 12.7. The minimum atomic E-state index is -4.34. The molecule has 0 atom stereocenters. The SMILES string of the molecule is COc1ccc(C#CC#CC#Cc2ccc(C(F)(F)F)cc2)cc1. The molecule has 0 spiro atoms. The van der Waals surface area contributed by atoms with Crippen LogP contribution in [0.3, 0.4) is 0 Å². The van der Waals surface area contributed by atoms with E-state index in [0.29, 0.717) is 5.56 Å². The normalized spacial score (nSPS) is 9.50. The molecule has 2 aromatic rings. The fraction of sp³-hybridized carbons (Fsp3) is 0.100. The van der Waals surface area contributed by atoms with Gasteiger partial charge in [-0.2, -0.15) is 13.2 Å². The lowest BCUT2D eigenvalue weighted by Crippen LogP contribution is -2.03. The van der Waals surface area contributed by atoms with Crippen LogP contribution in [0, 0.1) is 35.5 Å². The fourth-order valence-electron chi connectivity index (χ4n) is 1.69. The molecular weight excluding hydrogens is 313 g/mol. The highest BCUT2D eigenvalue weighted by Gasteiger charge is 2.29. The van der Waals surface area contributed by atoms with Crippen molar-refractivity contribution >= 4 is 0 Å². The highest BCUT2D eigenvalue weighted by molar-refractivity contribution is 5.46. The first-order valence-electron chi connectivity index (χ1n) is 6.82. The van der Waals surface area contributed by atoms with Crippen LogP contribution in [0.15, 0.2) is 48.5 Å². The van der Waals surface area contributed by atoms with Crippen LogP contribution in [0.1, 0.15) is 16.7 Å². The summed E-state index contributed by atoms with van der Waals surface area (Å²) in [6, 6.07) is 11.8. The maximum absolute atomic E-state index is 12.4. The molecule has 0 aliphatic heterocycles. The summed E-state index contributed by atoms with van der Waals surface area (Å²) in [5.41, 5.74) is 0.547. The van der Waals surface area contributed by atoms with E-state index in [2.05, 4.69) is 35.5 Å². The Bertz CT molecular complexity index is 873. The summed E-state index contributed by atoms with van der Waals surface area (Å²) in [5, 5.41) is 0. The molecule has 0 heterocycles. The first-order valence-corrected chi connectivity index (χ1v) is 6.82. The topological polar surface area (TPSA) is 9.23 Å². The van der Waals surface area contributed by atoms with Crippen molar-refractivity contribution in [3.05, 3.63) is 65.2 Å². The predicted octanol–water partition coefficient (Wildman–Crippen LogP) is 4.12. The molecule has 0 N–H and O–H groups in total. The Hall–Kier alpha value is -3.29. The summed E-state index contributed by atoms with van der Waals surface area (Å²) in [7, 11) is 1.58. The molecule has 4 heteroatoms. The second kappa shape index (κ2) is 7.82. The molecule has 2 rings (SSSR count). The average Bonchev–Trinajstić information content (AvgIpc) is 2.58. The van der Waals surface area contributed by atoms with Crippen LogP contribution < -0.4 is 4.74 Å². The Morgan fingerprint density at radius 2 is 1.17 bits per heavy atom. The van der Waals surface area contributed by atoms with E-state index in [0.717, 1.165) is 23.4 Å². The molecule has 0 unspecified atom stereocenters. The third-order valence-electron chi connectivity index (χ3n) is 2.90. The summed E-state index contributed by atoms with van der Waals surface area (Å²) >= 11 is 0. The van der Waals surface area contributed by atoms with Crippen LogP contribution in [-0.2, 0) is 6.18 Å². The number of alkyl halides is 3. The van der Waals surface area contributed by atoms with Crippen LogP contribution in [0.4, 0.5) is 13.2 Å². The average molecular weight is 324 g/mol. The Morgan fingerprint density at radius 3 is 1.58 bits per heavy atom. The van der Waals surface area contributed by atoms with Crippen molar-refractivity contribution < 1.29 is 17.9 Å². The molecule has 0 bridgehead atoms. The van der Waals surface area contributed by atoms with Gasteiger partial charge in [-0.05, 0) is 72.2 Å². The Kier molecular flexibility index (Phi) is 5.56. The molecule has 0 saturated heterocycles. The highest BCUT2D eigenvalue weighted by atomic mass is 19.4. The molecule has 2 aromatic carbocycles. The largest absolute Gasteiger partial charge is 0.497 e. The third-order valence-corrected chi connectivity index (χ3v) is 2.90. The molecule has 0 aliphatic rings. The van der Waals surface area contributed by atoms with Crippen molar-refractivity contribution in [3.8, 4) is 41.3 Å². The van der Waals surface area contributed by atoms with E-state index in [1.165, 1.54) is 12.1 Å². The molecule has 118 valence electrons. The molecule has 0 radical (unpaired) electrons. The zero-order chi connectivity index (χ0) is 17.4. The standard InChI is InChI=1S/C20H11F3O/c1-24-19-14-10-17(11-15-19)7-5-3-2-4-6-16-8-12-18(13-9-16)20(21,22)23/h8-15H,1H3. The van der Waals surface area contributed by atoms with Gasteiger partial charge in [0.1, 0.15) is 5.75 Å². The number of hydrogen-bond acceptors (Lipinski definition) is 1. The summed E-state index contributed by atoms with van der Waals surface area (Å²) in [5.74, 6) is 16.6. The monoisotopic (exact) mass is 324 g/mol. The maximum atomic E-state index is 12.4. The number of rotatable bonds is 1. The van der Waals surface area contributed by atoms with E-state index >= 15 is 0 Å². The summed E-state index contributed by atoms with van der Waals surface area (Å²) in [6.07, 6.45) is -4.34. The van der Waals surface area contributed by atoms with Crippen molar-refractivity contribution in [2.24, 2.45) is 0 Å². The van der Waals surface area contributed by atoms with E-state index in [-0.39, 0.29) is 0 Å². The highest BCUT2D eigenvalue weighted by Crippen LogP contribution is 2.28. The van der Waals surface area contributed by atoms with Crippen LogP contribution in [0.2, 0.25) is 0 Å². The van der Waals surface area contributed by atoms with E-state index < -0.39 is 11.7 Å². The van der Waals surface area contributed by atoms with Crippen LogP contribution in [0.5, 0.6) is 5.75 Å². The second-order valence-electron chi connectivity index (χ2n) is 4.55. The molecule has 0 aromatic heterocycles. The van der Waals surface area contributed by atoms with Gasteiger partial charge in [0.25, 0.3) is 0 Å². The molecular formula is C20H11F3O. The number of halogens is 3. The summed E-state index contributed by atoms with van der Waals surface area (Å²) in [4.78, 5) is 0. The smallest absolute Gasteiger partial charge is 0.416 e. The van der Waals surface area contributed by atoms with Crippen LogP contribution >= 0.6 is 0 Å². The van der Waals surface area contributed by atoms with E-state index in [9.17, 15) is 13.2 Å². The van der Waals surface area contributed by atoms with Crippen molar-refractivity contribution in [1.82, 2.24) is 0 Å².